The molecule has 3 heteroatoms. The molecule has 0 spiro atoms. The Kier molecular flexibility index (Phi) is 8.59. The van der Waals surface area contributed by atoms with Crippen molar-refractivity contribution in [3.05, 3.63) is 206 Å². The van der Waals surface area contributed by atoms with Crippen LogP contribution in [-0.4, -0.2) is 4.57 Å². The lowest BCUT2D eigenvalue weighted by molar-refractivity contribution is 0.445. The lowest BCUT2D eigenvalue weighted by Crippen LogP contribution is -2.12. The lowest BCUT2D eigenvalue weighted by atomic mass is 9.80. The van der Waals surface area contributed by atoms with E-state index in [9.17, 15) is 0 Å². The van der Waals surface area contributed by atoms with Gasteiger partial charge in [-0.05, 0) is 106 Å². The van der Waals surface area contributed by atoms with Crippen LogP contribution in [0.2, 0.25) is 0 Å². The van der Waals surface area contributed by atoms with Gasteiger partial charge in [-0.25, -0.2) is 0 Å². The molecule has 11 aromatic rings. The minimum absolute atomic E-state index is 0.574. The topological polar surface area (TPSA) is 21.3 Å². The molecular formula is C58H44N2O. The van der Waals surface area contributed by atoms with E-state index in [-0.39, 0.29) is 0 Å². The van der Waals surface area contributed by atoms with E-state index < -0.39 is 0 Å². The van der Waals surface area contributed by atoms with Crippen molar-refractivity contribution in [2.24, 2.45) is 0 Å². The molecule has 0 amide bonds. The molecule has 0 atom stereocenters. The third-order valence-corrected chi connectivity index (χ3v) is 13.2. The maximum Gasteiger partial charge on any atom is 0.159 e. The van der Waals surface area contributed by atoms with Crippen LogP contribution in [0.25, 0.3) is 82.5 Å². The van der Waals surface area contributed by atoms with Crippen LogP contribution in [0, 0.1) is 0 Å². The van der Waals surface area contributed by atoms with Gasteiger partial charge in [0.25, 0.3) is 0 Å². The summed E-state index contributed by atoms with van der Waals surface area (Å²) >= 11 is 0. The molecule has 1 aliphatic rings. The zero-order chi connectivity index (χ0) is 40.3. The SMILES string of the molecule is c1ccc(-n2c3ccccc3c3c(-c4ccc(N(c5ccccc5-c5cccc6cccc(C7CCCCC7)c56)c5cccc6c5oc5ccccc56)cc4)cccc32)cc1. The van der Waals surface area contributed by atoms with Gasteiger partial charge in [-0.3, -0.25) is 0 Å². The fraction of sp³-hybridized carbons (Fsp3) is 0.103. The number of anilines is 3. The number of hydrogen-bond donors (Lipinski definition) is 0. The van der Waals surface area contributed by atoms with Gasteiger partial charge in [0.1, 0.15) is 5.58 Å². The van der Waals surface area contributed by atoms with E-state index >= 15 is 0 Å². The van der Waals surface area contributed by atoms with Crippen LogP contribution in [0.1, 0.15) is 43.6 Å². The van der Waals surface area contributed by atoms with Gasteiger partial charge in [0.15, 0.2) is 5.58 Å². The van der Waals surface area contributed by atoms with Crippen molar-refractivity contribution in [3.63, 3.8) is 0 Å². The molecule has 0 unspecified atom stereocenters. The predicted octanol–water partition coefficient (Wildman–Crippen LogP) is 16.7. The molecule has 12 rings (SSSR count). The molecule has 0 bridgehead atoms. The van der Waals surface area contributed by atoms with E-state index in [1.54, 1.807) is 0 Å². The zero-order valence-corrected chi connectivity index (χ0v) is 34.0. The largest absolute Gasteiger partial charge is 0.454 e. The van der Waals surface area contributed by atoms with Gasteiger partial charge in [0.2, 0.25) is 0 Å². The first-order chi connectivity index (χ1) is 30.3. The van der Waals surface area contributed by atoms with E-state index in [4.69, 9.17) is 4.42 Å². The number of hydrogen-bond acceptors (Lipinski definition) is 2. The van der Waals surface area contributed by atoms with Crippen LogP contribution < -0.4 is 4.90 Å². The standard InChI is InChI=1S/C58H44N2O/c1-3-17-39(18-4-1)44-26-13-19-41-20-14-28-48(56(41)44)46-23-7-10-30-51(46)60(54-33-16-29-49-47-24-9-12-34-55(47)61-58(49)54)43-37-35-40(36-38-43)45-27-15-32-53-57(45)50-25-8-11-31-52(50)59(53)42-21-5-2-6-22-42/h2,5-16,19-39H,1,3-4,17-18H2. The van der Waals surface area contributed by atoms with Crippen LogP contribution in [0.15, 0.2) is 205 Å². The highest BCUT2D eigenvalue weighted by Gasteiger charge is 2.25. The molecule has 2 heterocycles. The van der Waals surface area contributed by atoms with Gasteiger partial charge < -0.3 is 13.9 Å². The van der Waals surface area contributed by atoms with Crippen LogP contribution in [0.5, 0.6) is 0 Å². The van der Waals surface area contributed by atoms with Crippen molar-refractivity contribution in [1.82, 2.24) is 4.57 Å². The van der Waals surface area contributed by atoms with Gasteiger partial charge in [0.05, 0.1) is 22.4 Å². The van der Waals surface area contributed by atoms with Gasteiger partial charge in [-0.1, -0.05) is 165 Å². The highest BCUT2D eigenvalue weighted by atomic mass is 16.3. The summed E-state index contributed by atoms with van der Waals surface area (Å²) in [5.74, 6) is 0.574. The molecule has 9 aromatic carbocycles. The van der Waals surface area contributed by atoms with Gasteiger partial charge in [-0.2, -0.15) is 0 Å². The molecule has 1 fully saturated rings. The number of benzene rings is 9. The van der Waals surface area contributed by atoms with E-state index in [2.05, 4.69) is 210 Å². The number of furan rings is 1. The highest BCUT2D eigenvalue weighted by molar-refractivity contribution is 6.16. The molecule has 61 heavy (non-hydrogen) atoms. The number of para-hydroxylation sites is 5. The van der Waals surface area contributed by atoms with Crippen LogP contribution >= 0.6 is 0 Å². The molecule has 0 aliphatic heterocycles. The smallest absolute Gasteiger partial charge is 0.159 e. The Labute approximate surface area is 355 Å². The van der Waals surface area contributed by atoms with Gasteiger partial charge >= 0.3 is 0 Å². The molecule has 3 nitrogen and oxygen atoms in total. The average Bonchev–Trinajstić information content (AvgIpc) is 3.89. The van der Waals surface area contributed by atoms with E-state index in [1.165, 1.54) is 92.5 Å². The summed E-state index contributed by atoms with van der Waals surface area (Å²) in [4.78, 5) is 2.42. The average molecular weight is 785 g/mol. The summed E-state index contributed by atoms with van der Waals surface area (Å²) in [6.45, 7) is 0. The summed E-state index contributed by atoms with van der Waals surface area (Å²) in [6, 6.07) is 73.1. The van der Waals surface area contributed by atoms with Crippen molar-refractivity contribution >= 4 is 71.6 Å². The number of nitrogens with zero attached hydrogens (tertiary/aromatic N) is 2. The monoisotopic (exact) mass is 784 g/mol. The van der Waals surface area contributed by atoms with Crippen molar-refractivity contribution in [2.45, 2.75) is 38.0 Å². The summed E-state index contributed by atoms with van der Waals surface area (Å²) < 4.78 is 9.19. The van der Waals surface area contributed by atoms with E-state index in [0.29, 0.717) is 5.92 Å². The molecule has 0 saturated heterocycles. The Hall–Kier alpha value is -7.36. The minimum atomic E-state index is 0.574. The summed E-state index contributed by atoms with van der Waals surface area (Å²) in [7, 11) is 0. The first kappa shape index (κ1) is 35.6. The minimum Gasteiger partial charge on any atom is -0.454 e. The second-order valence-electron chi connectivity index (χ2n) is 16.6. The Bertz CT molecular complexity index is 3400. The quantitative estimate of drug-likeness (QED) is 0.161. The molecule has 2 aromatic heterocycles. The van der Waals surface area contributed by atoms with Crippen molar-refractivity contribution < 1.29 is 4.42 Å². The number of aromatic nitrogens is 1. The van der Waals surface area contributed by atoms with Crippen LogP contribution in [-0.2, 0) is 0 Å². The van der Waals surface area contributed by atoms with Crippen LogP contribution in [0.4, 0.5) is 17.1 Å². The van der Waals surface area contributed by atoms with Gasteiger partial charge in [0, 0.05) is 38.5 Å². The third-order valence-electron chi connectivity index (χ3n) is 13.2. The van der Waals surface area contributed by atoms with E-state index in [0.717, 1.165) is 44.7 Å². The predicted molar refractivity (Wildman–Crippen MR) is 257 cm³/mol. The first-order valence-corrected chi connectivity index (χ1v) is 21.8. The molecule has 1 aliphatic carbocycles. The Morgan fingerprint density at radius 2 is 1.08 bits per heavy atom. The molecule has 0 N–H and O–H groups in total. The number of fused-ring (bicyclic) bond motifs is 7. The van der Waals surface area contributed by atoms with Crippen molar-refractivity contribution in [2.75, 3.05) is 4.90 Å². The fourth-order valence-corrected chi connectivity index (χ4v) is 10.5. The summed E-state index contributed by atoms with van der Waals surface area (Å²) in [5, 5.41) is 7.41. The number of rotatable bonds is 7. The fourth-order valence-electron chi connectivity index (χ4n) is 10.5. The lowest BCUT2D eigenvalue weighted by Gasteiger charge is -2.29. The Morgan fingerprint density at radius 3 is 1.95 bits per heavy atom. The summed E-state index contributed by atoms with van der Waals surface area (Å²) in [6.07, 6.45) is 6.44. The molecule has 1 saturated carbocycles. The second-order valence-corrected chi connectivity index (χ2v) is 16.6. The second kappa shape index (κ2) is 14.7. The van der Waals surface area contributed by atoms with Crippen LogP contribution in [0.3, 0.4) is 0 Å². The Balaban J connectivity index is 1.07. The highest BCUT2D eigenvalue weighted by Crippen LogP contribution is 2.48. The molecular weight excluding hydrogens is 741 g/mol. The van der Waals surface area contributed by atoms with Gasteiger partial charge in [-0.15, -0.1) is 0 Å². The third kappa shape index (κ3) is 5.87. The van der Waals surface area contributed by atoms with E-state index in [1.807, 2.05) is 0 Å². The summed E-state index contributed by atoms with van der Waals surface area (Å²) in [5.41, 5.74) is 14.9. The molecule has 292 valence electrons. The normalized spacial score (nSPS) is 13.5. The first-order valence-electron chi connectivity index (χ1n) is 21.8. The Morgan fingerprint density at radius 1 is 0.443 bits per heavy atom. The zero-order valence-electron chi connectivity index (χ0n) is 34.0. The maximum atomic E-state index is 6.80. The van der Waals surface area contributed by atoms with Crippen molar-refractivity contribution in [1.29, 1.82) is 0 Å². The maximum absolute atomic E-state index is 6.80. The van der Waals surface area contributed by atoms with Crippen molar-refractivity contribution in [3.8, 4) is 27.9 Å². The molecule has 0 radical (unpaired) electrons.